The number of ether oxygens (including phenoxy) is 2. The van der Waals surface area contributed by atoms with E-state index in [4.69, 9.17) is 14.3 Å². The molecule has 2 aliphatic rings. The van der Waals surface area contributed by atoms with Gasteiger partial charge in [-0.25, -0.2) is 14.0 Å². The van der Waals surface area contributed by atoms with Crippen LogP contribution in [0.25, 0.3) is 0 Å². The van der Waals surface area contributed by atoms with Crippen molar-refractivity contribution in [1.82, 2.24) is 5.06 Å². The highest BCUT2D eigenvalue weighted by atomic mass is 19.1. The van der Waals surface area contributed by atoms with Crippen LogP contribution in [0.2, 0.25) is 0 Å². The Morgan fingerprint density at radius 3 is 2.38 bits per heavy atom. The van der Waals surface area contributed by atoms with Gasteiger partial charge in [-0.1, -0.05) is 0 Å². The Morgan fingerprint density at radius 1 is 1.09 bits per heavy atom. The summed E-state index contributed by atoms with van der Waals surface area (Å²) in [5.41, 5.74) is -0.441. The molecule has 2 fully saturated rings. The Labute approximate surface area is 190 Å². The second kappa shape index (κ2) is 9.38. The van der Waals surface area contributed by atoms with Crippen molar-refractivity contribution in [1.29, 1.82) is 0 Å². The van der Waals surface area contributed by atoms with Crippen LogP contribution in [-0.4, -0.2) is 42.3 Å². The number of hydrogen-bond acceptors (Lipinski definition) is 6. The van der Waals surface area contributed by atoms with Gasteiger partial charge in [0.2, 0.25) is 0 Å². The molecule has 7 heteroatoms. The third-order valence-electron chi connectivity index (χ3n) is 5.52. The first kappa shape index (κ1) is 24.5. The van der Waals surface area contributed by atoms with E-state index < -0.39 is 22.8 Å². The summed E-state index contributed by atoms with van der Waals surface area (Å²) >= 11 is 0. The molecule has 1 aromatic rings. The number of nitrogens with zero attached hydrogens (tertiary/aromatic N) is 1. The van der Waals surface area contributed by atoms with Crippen LogP contribution in [0.4, 0.5) is 4.39 Å². The van der Waals surface area contributed by atoms with Crippen LogP contribution in [0.15, 0.2) is 12.1 Å². The van der Waals surface area contributed by atoms with Crippen molar-refractivity contribution in [3.8, 4) is 5.75 Å². The summed E-state index contributed by atoms with van der Waals surface area (Å²) in [6.07, 6.45) is 3.83. The van der Waals surface area contributed by atoms with Gasteiger partial charge in [0.1, 0.15) is 17.2 Å². The molecule has 0 unspecified atom stereocenters. The van der Waals surface area contributed by atoms with Gasteiger partial charge in [-0.3, -0.25) is 0 Å². The average Bonchev–Trinajstić information content (AvgIpc) is 3.49. The molecule has 0 aromatic heterocycles. The molecule has 3 rings (SSSR count). The van der Waals surface area contributed by atoms with Gasteiger partial charge in [0.25, 0.3) is 0 Å². The molecule has 0 spiro atoms. The second-order valence-corrected chi connectivity index (χ2v) is 11.0. The molecular formula is C25H36FNO5. The highest BCUT2D eigenvalue weighted by molar-refractivity contribution is 5.90. The molecule has 1 aliphatic heterocycles. The Balaban J connectivity index is 1.66. The minimum atomic E-state index is -0.693. The smallest absolute Gasteiger partial charge is 0.341 e. The van der Waals surface area contributed by atoms with E-state index >= 15 is 0 Å². The van der Waals surface area contributed by atoms with Crippen molar-refractivity contribution in [2.75, 3.05) is 19.7 Å². The summed E-state index contributed by atoms with van der Waals surface area (Å²) in [7, 11) is 0. The number of hydroxylamine groups is 2. The highest BCUT2D eigenvalue weighted by Crippen LogP contribution is 2.45. The first-order chi connectivity index (χ1) is 14.8. The summed E-state index contributed by atoms with van der Waals surface area (Å²) < 4.78 is 26.2. The maximum Gasteiger partial charge on any atom is 0.341 e. The molecule has 6 nitrogen and oxygen atoms in total. The number of piperidine rings is 1. The number of esters is 1. The van der Waals surface area contributed by atoms with E-state index in [1.165, 1.54) is 6.07 Å². The van der Waals surface area contributed by atoms with Gasteiger partial charge in [0.05, 0.1) is 17.6 Å². The Kier molecular flexibility index (Phi) is 7.18. The van der Waals surface area contributed by atoms with E-state index in [2.05, 4.69) is 0 Å². The summed E-state index contributed by atoms with van der Waals surface area (Å²) in [5, 5.41) is 1.71. The lowest BCUT2D eigenvalue weighted by Gasteiger charge is -2.32. The normalized spacial score (nSPS) is 20.0. The second-order valence-electron chi connectivity index (χ2n) is 11.0. The molecule has 0 N–H and O–H groups in total. The lowest BCUT2D eigenvalue weighted by Crippen LogP contribution is -2.41. The lowest BCUT2D eigenvalue weighted by molar-refractivity contribution is -0.208. The fourth-order valence-corrected chi connectivity index (χ4v) is 3.61. The lowest BCUT2D eigenvalue weighted by atomic mass is 9.97. The van der Waals surface area contributed by atoms with E-state index in [9.17, 15) is 14.0 Å². The predicted octanol–water partition coefficient (Wildman–Crippen LogP) is 5.25. The van der Waals surface area contributed by atoms with Gasteiger partial charge < -0.3 is 14.3 Å². The van der Waals surface area contributed by atoms with Crippen molar-refractivity contribution in [3.05, 3.63) is 29.1 Å². The fraction of sp³-hybridized carbons (Fsp3) is 0.680. The third-order valence-corrected chi connectivity index (χ3v) is 5.52. The number of carbonyl (C=O) groups is 2. The molecule has 1 saturated carbocycles. The molecule has 0 radical (unpaired) electrons. The summed E-state index contributed by atoms with van der Waals surface area (Å²) in [6.45, 7) is 12.4. The first-order valence-corrected chi connectivity index (χ1v) is 11.5. The fourth-order valence-electron chi connectivity index (χ4n) is 3.61. The Bertz CT molecular complexity index is 851. The zero-order valence-electron chi connectivity index (χ0n) is 20.1. The summed E-state index contributed by atoms with van der Waals surface area (Å²) in [6, 6.07) is 2.90. The van der Waals surface area contributed by atoms with E-state index in [0.717, 1.165) is 31.2 Å². The largest absolute Gasteiger partial charge is 0.493 e. The van der Waals surface area contributed by atoms with Crippen molar-refractivity contribution in [3.63, 3.8) is 0 Å². The molecule has 178 valence electrons. The molecule has 1 saturated heterocycles. The summed E-state index contributed by atoms with van der Waals surface area (Å²) in [4.78, 5) is 30.2. The molecule has 1 aromatic carbocycles. The van der Waals surface area contributed by atoms with E-state index in [0.29, 0.717) is 25.4 Å². The van der Waals surface area contributed by atoms with Gasteiger partial charge >= 0.3 is 11.9 Å². The molecule has 1 atom stereocenters. The quantitative estimate of drug-likeness (QED) is 0.553. The topological polar surface area (TPSA) is 65.1 Å². The van der Waals surface area contributed by atoms with Crippen LogP contribution in [0.1, 0.15) is 89.1 Å². The SMILES string of the molecule is CC(C)(C)OC(=O)c1cc(C2CC2)c(OC[C@@H]2CCCN(OC(=O)C(C)(C)C)C2)cc1F. The molecule has 0 bridgehead atoms. The van der Waals surface area contributed by atoms with Gasteiger partial charge in [-0.05, 0) is 84.8 Å². The molecule has 0 amide bonds. The van der Waals surface area contributed by atoms with Crippen LogP contribution in [-0.2, 0) is 14.4 Å². The minimum Gasteiger partial charge on any atom is -0.493 e. The number of benzene rings is 1. The number of rotatable bonds is 6. The minimum absolute atomic E-state index is 0.0490. The van der Waals surface area contributed by atoms with E-state index in [-0.39, 0.29) is 23.4 Å². The first-order valence-electron chi connectivity index (χ1n) is 11.5. The third kappa shape index (κ3) is 6.67. The van der Waals surface area contributed by atoms with Crippen LogP contribution in [0, 0.1) is 17.2 Å². The average molecular weight is 450 g/mol. The zero-order valence-corrected chi connectivity index (χ0v) is 20.1. The van der Waals surface area contributed by atoms with Crippen LogP contribution in [0.5, 0.6) is 5.75 Å². The monoisotopic (exact) mass is 449 g/mol. The number of halogens is 1. The maximum absolute atomic E-state index is 14.8. The van der Waals surface area contributed by atoms with Crippen molar-refractivity contribution in [2.24, 2.45) is 11.3 Å². The van der Waals surface area contributed by atoms with Crippen LogP contribution < -0.4 is 4.74 Å². The van der Waals surface area contributed by atoms with Gasteiger partial charge in [-0.2, -0.15) is 0 Å². The maximum atomic E-state index is 14.8. The van der Waals surface area contributed by atoms with Crippen LogP contribution >= 0.6 is 0 Å². The molecule has 1 heterocycles. The van der Waals surface area contributed by atoms with Gasteiger partial charge in [0.15, 0.2) is 0 Å². The van der Waals surface area contributed by atoms with Crippen molar-refractivity contribution >= 4 is 11.9 Å². The van der Waals surface area contributed by atoms with Crippen LogP contribution in [0.3, 0.4) is 0 Å². The molecule has 1 aliphatic carbocycles. The Morgan fingerprint density at radius 2 is 1.78 bits per heavy atom. The predicted molar refractivity (Wildman–Crippen MR) is 119 cm³/mol. The number of carbonyl (C=O) groups excluding carboxylic acids is 2. The van der Waals surface area contributed by atoms with E-state index in [1.807, 2.05) is 20.8 Å². The molecular weight excluding hydrogens is 413 g/mol. The van der Waals surface area contributed by atoms with Gasteiger partial charge in [-0.15, -0.1) is 5.06 Å². The summed E-state index contributed by atoms with van der Waals surface area (Å²) in [5.74, 6) is -0.620. The Hall–Kier alpha value is -2.15. The zero-order chi connectivity index (χ0) is 23.7. The van der Waals surface area contributed by atoms with E-state index in [1.54, 1.807) is 31.9 Å². The highest BCUT2D eigenvalue weighted by Gasteiger charge is 2.32. The van der Waals surface area contributed by atoms with Gasteiger partial charge in [0, 0.05) is 25.1 Å². The molecule has 32 heavy (non-hydrogen) atoms. The standard InChI is InChI=1S/C25H36FNO5/c1-24(2,3)23(29)32-27-11-7-8-16(14-27)15-30-21-13-20(26)19(12-18(21)17-9-10-17)22(28)31-25(4,5)6/h12-13,16-17H,7-11,14-15H2,1-6H3/t16-/m1/s1. The number of hydrogen-bond donors (Lipinski definition) is 0. The van der Waals surface area contributed by atoms with Crippen molar-refractivity contribution in [2.45, 2.75) is 78.7 Å². The van der Waals surface area contributed by atoms with Crippen molar-refractivity contribution < 1.29 is 28.3 Å².